The molecule has 0 fully saturated rings. The van der Waals surface area contributed by atoms with Crippen molar-refractivity contribution in [3.05, 3.63) is 12.2 Å². The third-order valence-electron chi connectivity index (χ3n) is 3.41. The van der Waals surface area contributed by atoms with Gasteiger partial charge in [0.1, 0.15) is 6.29 Å². The predicted molar refractivity (Wildman–Crippen MR) is 82.3 cm³/mol. The Morgan fingerprint density at radius 3 is 2.26 bits per heavy atom. The first-order chi connectivity index (χ1) is 9.31. The van der Waals surface area contributed by atoms with E-state index < -0.39 is 0 Å². The van der Waals surface area contributed by atoms with E-state index in [0.29, 0.717) is 0 Å². The Hall–Kier alpha value is -0.630. The van der Waals surface area contributed by atoms with Gasteiger partial charge in [-0.3, -0.25) is 0 Å². The van der Waals surface area contributed by atoms with E-state index in [9.17, 15) is 9.90 Å². The van der Waals surface area contributed by atoms with Gasteiger partial charge >= 0.3 is 0 Å². The molecule has 0 amide bonds. The van der Waals surface area contributed by atoms with Gasteiger partial charge in [-0.1, -0.05) is 57.6 Å². The summed E-state index contributed by atoms with van der Waals surface area (Å²) in [5.74, 6) is 0. The number of carbonyl (C=O) groups is 1. The molecule has 0 saturated heterocycles. The van der Waals surface area contributed by atoms with Crippen molar-refractivity contribution in [3.8, 4) is 0 Å². The van der Waals surface area contributed by atoms with Crippen molar-refractivity contribution in [2.75, 3.05) is 0 Å². The van der Waals surface area contributed by atoms with Crippen molar-refractivity contribution in [1.82, 2.24) is 0 Å². The number of hydrogen-bond acceptors (Lipinski definition) is 2. The molecule has 0 radical (unpaired) electrons. The van der Waals surface area contributed by atoms with Gasteiger partial charge < -0.3 is 9.90 Å². The van der Waals surface area contributed by atoms with E-state index in [-0.39, 0.29) is 6.10 Å². The molecule has 0 aromatic carbocycles. The first kappa shape index (κ1) is 18.4. The Morgan fingerprint density at radius 2 is 1.58 bits per heavy atom. The van der Waals surface area contributed by atoms with Crippen LogP contribution in [0.15, 0.2) is 12.2 Å². The summed E-state index contributed by atoms with van der Waals surface area (Å²) in [5, 5.41) is 9.72. The lowest BCUT2D eigenvalue weighted by atomic mass is 10.1. The van der Waals surface area contributed by atoms with E-state index in [2.05, 4.69) is 19.1 Å². The summed E-state index contributed by atoms with van der Waals surface area (Å²) in [6, 6.07) is 0. The molecule has 0 saturated carbocycles. The van der Waals surface area contributed by atoms with E-state index in [4.69, 9.17) is 0 Å². The molecule has 1 N–H and O–H groups in total. The zero-order valence-corrected chi connectivity index (χ0v) is 12.7. The zero-order chi connectivity index (χ0) is 14.2. The van der Waals surface area contributed by atoms with E-state index in [0.717, 1.165) is 44.8 Å². The normalized spacial score (nSPS) is 12.9. The fraction of sp³-hybridized carbons (Fsp3) is 0.824. The standard InChI is InChI=1S/C17H32O2/c1-2-3-11-14-17(19)15-12-9-7-5-4-6-8-10-13-16-18/h9,12,16-17,19H,2-8,10-11,13-15H2,1H3/b12-9+/t17-/m1/s1. The Labute approximate surface area is 119 Å². The Kier molecular flexibility index (Phi) is 14.9. The molecule has 0 spiro atoms. The van der Waals surface area contributed by atoms with Gasteiger partial charge in [0.15, 0.2) is 0 Å². The van der Waals surface area contributed by atoms with Gasteiger partial charge in [0, 0.05) is 6.42 Å². The first-order valence-corrected chi connectivity index (χ1v) is 8.08. The van der Waals surface area contributed by atoms with Crippen LogP contribution in [0, 0.1) is 0 Å². The number of rotatable bonds is 14. The minimum atomic E-state index is -0.147. The molecular formula is C17H32O2. The summed E-state index contributed by atoms with van der Waals surface area (Å²) in [6.45, 7) is 2.19. The molecular weight excluding hydrogens is 236 g/mol. The highest BCUT2D eigenvalue weighted by Crippen LogP contribution is 2.09. The maximum atomic E-state index is 10.1. The minimum absolute atomic E-state index is 0.147. The molecule has 19 heavy (non-hydrogen) atoms. The lowest BCUT2D eigenvalue weighted by Gasteiger charge is -2.06. The van der Waals surface area contributed by atoms with Gasteiger partial charge in [-0.05, 0) is 32.1 Å². The summed E-state index contributed by atoms with van der Waals surface area (Å²) in [6.07, 6.45) is 18.3. The average molecular weight is 268 g/mol. The minimum Gasteiger partial charge on any atom is -0.393 e. The van der Waals surface area contributed by atoms with Gasteiger partial charge in [-0.2, -0.15) is 0 Å². The van der Waals surface area contributed by atoms with Crippen molar-refractivity contribution in [3.63, 3.8) is 0 Å². The first-order valence-electron chi connectivity index (χ1n) is 8.08. The van der Waals surface area contributed by atoms with Crippen LogP contribution in [0.25, 0.3) is 0 Å². The molecule has 0 heterocycles. The molecule has 1 atom stereocenters. The number of aldehydes is 1. The second-order valence-corrected chi connectivity index (χ2v) is 5.37. The van der Waals surface area contributed by atoms with Crippen LogP contribution >= 0.6 is 0 Å². The molecule has 0 aromatic heterocycles. The van der Waals surface area contributed by atoms with Crippen LogP contribution in [0.2, 0.25) is 0 Å². The molecule has 2 heteroatoms. The zero-order valence-electron chi connectivity index (χ0n) is 12.7. The average Bonchev–Trinajstić information content (AvgIpc) is 2.41. The predicted octanol–water partition coefficient (Wildman–Crippen LogP) is 4.80. The number of aliphatic hydroxyl groups excluding tert-OH is 1. The van der Waals surface area contributed by atoms with Gasteiger partial charge in [0.25, 0.3) is 0 Å². The van der Waals surface area contributed by atoms with Crippen molar-refractivity contribution in [1.29, 1.82) is 0 Å². The second kappa shape index (κ2) is 15.4. The van der Waals surface area contributed by atoms with Gasteiger partial charge in [0.05, 0.1) is 6.10 Å². The molecule has 0 aliphatic carbocycles. The van der Waals surface area contributed by atoms with Crippen LogP contribution < -0.4 is 0 Å². The highest BCUT2D eigenvalue weighted by Gasteiger charge is 2.00. The van der Waals surface area contributed by atoms with Gasteiger partial charge in [-0.15, -0.1) is 0 Å². The number of hydrogen-bond donors (Lipinski definition) is 1. The monoisotopic (exact) mass is 268 g/mol. The number of aliphatic hydroxyl groups is 1. The molecule has 0 rings (SSSR count). The van der Waals surface area contributed by atoms with E-state index in [1.54, 1.807) is 0 Å². The summed E-state index contributed by atoms with van der Waals surface area (Å²) in [7, 11) is 0. The summed E-state index contributed by atoms with van der Waals surface area (Å²) >= 11 is 0. The quantitative estimate of drug-likeness (QED) is 0.279. The van der Waals surface area contributed by atoms with Crippen molar-refractivity contribution >= 4 is 6.29 Å². The maximum absolute atomic E-state index is 10.1. The second-order valence-electron chi connectivity index (χ2n) is 5.37. The van der Waals surface area contributed by atoms with Gasteiger partial charge in [-0.25, -0.2) is 0 Å². The van der Waals surface area contributed by atoms with Crippen LogP contribution in [-0.2, 0) is 4.79 Å². The topological polar surface area (TPSA) is 37.3 Å². The van der Waals surface area contributed by atoms with Crippen molar-refractivity contribution < 1.29 is 9.90 Å². The summed E-state index contributed by atoms with van der Waals surface area (Å²) in [4.78, 5) is 10.1. The van der Waals surface area contributed by atoms with Crippen LogP contribution in [0.3, 0.4) is 0 Å². The van der Waals surface area contributed by atoms with Crippen LogP contribution in [0.5, 0.6) is 0 Å². The maximum Gasteiger partial charge on any atom is 0.119 e. The highest BCUT2D eigenvalue weighted by molar-refractivity contribution is 5.48. The van der Waals surface area contributed by atoms with Crippen LogP contribution in [-0.4, -0.2) is 17.5 Å². The largest absolute Gasteiger partial charge is 0.393 e. The molecule has 2 nitrogen and oxygen atoms in total. The Bertz CT molecular complexity index is 211. The lowest BCUT2D eigenvalue weighted by Crippen LogP contribution is -2.04. The van der Waals surface area contributed by atoms with Crippen LogP contribution in [0.1, 0.15) is 84.0 Å². The van der Waals surface area contributed by atoms with E-state index >= 15 is 0 Å². The number of unbranched alkanes of at least 4 members (excludes halogenated alkanes) is 8. The van der Waals surface area contributed by atoms with E-state index in [1.165, 1.54) is 38.5 Å². The molecule has 0 bridgehead atoms. The fourth-order valence-electron chi connectivity index (χ4n) is 2.14. The third-order valence-corrected chi connectivity index (χ3v) is 3.41. The SMILES string of the molecule is CCCCC[C@@H](O)C/C=C/CCCCCCCC=O. The molecule has 0 aromatic rings. The van der Waals surface area contributed by atoms with Crippen LogP contribution in [0.4, 0.5) is 0 Å². The van der Waals surface area contributed by atoms with E-state index in [1.807, 2.05) is 0 Å². The Balaban J connectivity index is 3.22. The number of allylic oxidation sites excluding steroid dienone is 1. The molecule has 0 aliphatic heterocycles. The molecule has 0 aliphatic rings. The number of carbonyl (C=O) groups excluding carboxylic acids is 1. The highest BCUT2D eigenvalue weighted by atomic mass is 16.3. The summed E-state index contributed by atoms with van der Waals surface area (Å²) in [5.41, 5.74) is 0. The van der Waals surface area contributed by atoms with Gasteiger partial charge in [0.2, 0.25) is 0 Å². The summed E-state index contributed by atoms with van der Waals surface area (Å²) < 4.78 is 0. The fourth-order valence-corrected chi connectivity index (χ4v) is 2.14. The van der Waals surface area contributed by atoms with Crippen molar-refractivity contribution in [2.45, 2.75) is 90.1 Å². The smallest absolute Gasteiger partial charge is 0.119 e. The molecule has 0 unspecified atom stereocenters. The Morgan fingerprint density at radius 1 is 0.895 bits per heavy atom. The third kappa shape index (κ3) is 15.3. The molecule has 112 valence electrons. The lowest BCUT2D eigenvalue weighted by molar-refractivity contribution is -0.107. The van der Waals surface area contributed by atoms with Crippen molar-refractivity contribution in [2.24, 2.45) is 0 Å².